The highest BCUT2D eigenvalue weighted by Crippen LogP contribution is 2.28. The first-order valence-electron chi connectivity index (χ1n) is 6.45. The van der Waals surface area contributed by atoms with Crippen LogP contribution in [0.1, 0.15) is 16.1 Å². The number of carbonyl (C=O) groups is 1. The normalized spacial score (nSPS) is 10.8. The second-order valence-electron chi connectivity index (χ2n) is 4.74. The Morgan fingerprint density at radius 2 is 2.10 bits per heavy atom. The van der Waals surface area contributed by atoms with Crippen LogP contribution in [0.5, 0.6) is 0 Å². The largest absolute Gasteiger partial charge is 0.477 e. The van der Waals surface area contributed by atoms with Crippen LogP contribution in [0.4, 0.5) is 11.5 Å². The molecule has 3 rings (SSSR count). The van der Waals surface area contributed by atoms with E-state index in [-0.39, 0.29) is 5.56 Å². The standard InChI is InChI=1S/C15H14N4O2/c1-9-13(15(20)21)14(19(2)18-9)17-12-7-3-6-11-10(12)5-4-8-16-11/h3-8,17H,1-2H3,(H,20,21). The van der Waals surface area contributed by atoms with E-state index in [9.17, 15) is 9.90 Å². The molecule has 0 saturated carbocycles. The number of hydrogen-bond donors (Lipinski definition) is 2. The number of fused-ring (bicyclic) bond motifs is 1. The molecule has 0 radical (unpaired) electrons. The van der Waals surface area contributed by atoms with Crippen molar-refractivity contribution in [2.45, 2.75) is 6.92 Å². The lowest BCUT2D eigenvalue weighted by Gasteiger charge is -2.10. The summed E-state index contributed by atoms with van der Waals surface area (Å²) in [6.07, 6.45) is 1.73. The molecule has 0 aliphatic rings. The fourth-order valence-corrected chi connectivity index (χ4v) is 2.40. The molecule has 0 fully saturated rings. The number of carboxylic acids is 1. The number of carboxylic acid groups (broad SMARTS) is 1. The SMILES string of the molecule is Cc1nn(C)c(Nc2cccc3ncccc23)c1C(=O)O. The Labute approximate surface area is 121 Å². The van der Waals surface area contributed by atoms with E-state index in [0.29, 0.717) is 11.5 Å². The quantitative estimate of drug-likeness (QED) is 0.772. The summed E-state index contributed by atoms with van der Waals surface area (Å²) < 4.78 is 1.54. The highest BCUT2D eigenvalue weighted by atomic mass is 16.4. The van der Waals surface area contributed by atoms with Gasteiger partial charge in [0.15, 0.2) is 0 Å². The summed E-state index contributed by atoms with van der Waals surface area (Å²) in [5.41, 5.74) is 2.30. The first-order chi connectivity index (χ1) is 10.1. The minimum atomic E-state index is -0.999. The van der Waals surface area contributed by atoms with Gasteiger partial charge in [0.25, 0.3) is 0 Å². The lowest BCUT2D eigenvalue weighted by Crippen LogP contribution is -2.05. The molecule has 2 heterocycles. The predicted molar refractivity (Wildman–Crippen MR) is 79.9 cm³/mol. The molecule has 0 saturated heterocycles. The average Bonchev–Trinajstić information content (AvgIpc) is 2.73. The average molecular weight is 282 g/mol. The summed E-state index contributed by atoms with van der Waals surface area (Å²) in [6.45, 7) is 1.68. The van der Waals surface area contributed by atoms with E-state index in [1.807, 2.05) is 30.3 Å². The third-order valence-corrected chi connectivity index (χ3v) is 3.33. The Morgan fingerprint density at radius 1 is 1.29 bits per heavy atom. The highest BCUT2D eigenvalue weighted by molar-refractivity contribution is 5.98. The molecule has 0 spiro atoms. The zero-order chi connectivity index (χ0) is 15.0. The van der Waals surface area contributed by atoms with Crippen molar-refractivity contribution in [2.75, 3.05) is 5.32 Å². The number of aromatic nitrogens is 3. The summed E-state index contributed by atoms with van der Waals surface area (Å²) in [4.78, 5) is 15.7. The molecule has 1 aromatic carbocycles. The Hall–Kier alpha value is -2.89. The number of nitrogens with one attached hydrogen (secondary N) is 1. The molecule has 106 valence electrons. The van der Waals surface area contributed by atoms with Crippen LogP contribution in [0.2, 0.25) is 0 Å². The van der Waals surface area contributed by atoms with Crippen LogP contribution in [-0.2, 0) is 7.05 Å². The Kier molecular flexibility index (Phi) is 3.06. The zero-order valence-corrected chi connectivity index (χ0v) is 11.7. The molecule has 0 aliphatic carbocycles. The van der Waals surface area contributed by atoms with Crippen molar-refractivity contribution < 1.29 is 9.90 Å². The zero-order valence-electron chi connectivity index (χ0n) is 11.7. The van der Waals surface area contributed by atoms with E-state index < -0.39 is 5.97 Å². The predicted octanol–water partition coefficient (Wildman–Crippen LogP) is 2.72. The van der Waals surface area contributed by atoms with Gasteiger partial charge in [-0.3, -0.25) is 9.67 Å². The Morgan fingerprint density at radius 3 is 2.86 bits per heavy atom. The number of hydrogen-bond acceptors (Lipinski definition) is 4. The fourth-order valence-electron chi connectivity index (χ4n) is 2.40. The van der Waals surface area contributed by atoms with Crippen LogP contribution in [-0.4, -0.2) is 25.8 Å². The lowest BCUT2D eigenvalue weighted by atomic mass is 10.1. The Balaban J connectivity index is 2.14. The van der Waals surface area contributed by atoms with E-state index >= 15 is 0 Å². The number of pyridine rings is 1. The molecular formula is C15H14N4O2. The van der Waals surface area contributed by atoms with Gasteiger partial charge >= 0.3 is 5.97 Å². The van der Waals surface area contributed by atoms with Crippen molar-refractivity contribution in [3.63, 3.8) is 0 Å². The highest BCUT2D eigenvalue weighted by Gasteiger charge is 2.20. The van der Waals surface area contributed by atoms with Crippen molar-refractivity contribution in [1.82, 2.24) is 14.8 Å². The molecular weight excluding hydrogens is 268 g/mol. The van der Waals surface area contributed by atoms with Gasteiger partial charge < -0.3 is 10.4 Å². The molecule has 2 aromatic heterocycles. The van der Waals surface area contributed by atoms with Gasteiger partial charge in [-0.1, -0.05) is 6.07 Å². The maximum absolute atomic E-state index is 11.4. The molecule has 0 bridgehead atoms. The second kappa shape index (κ2) is 4.90. The monoisotopic (exact) mass is 282 g/mol. The molecule has 0 amide bonds. The van der Waals surface area contributed by atoms with E-state index in [1.54, 1.807) is 20.2 Å². The van der Waals surface area contributed by atoms with Crippen LogP contribution in [0.15, 0.2) is 36.5 Å². The van der Waals surface area contributed by atoms with Gasteiger partial charge in [0.1, 0.15) is 11.4 Å². The summed E-state index contributed by atoms with van der Waals surface area (Å²) in [7, 11) is 1.71. The molecule has 0 atom stereocenters. The Bertz CT molecular complexity index is 834. The third-order valence-electron chi connectivity index (χ3n) is 3.33. The van der Waals surface area contributed by atoms with Gasteiger partial charge in [-0.25, -0.2) is 4.79 Å². The molecule has 6 nitrogen and oxygen atoms in total. The first-order valence-corrected chi connectivity index (χ1v) is 6.45. The van der Waals surface area contributed by atoms with Crippen molar-refractivity contribution in [1.29, 1.82) is 0 Å². The fraction of sp³-hybridized carbons (Fsp3) is 0.133. The minimum Gasteiger partial charge on any atom is -0.477 e. The van der Waals surface area contributed by atoms with Gasteiger partial charge in [-0.15, -0.1) is 0 Å². The number of benzene rings is 1. The third kappa shape index (κ3) is 2.20. The molecule has 3 aromatic rings. The van der Waals surface area contributed by atoms with Gasteiger partial charge in [0.05, 0.1) is 11.2 Å². The lowest BCUT2D eigenvalue weighted by molar-refractivity contribution is 0.0697. The summed E-state index contributed by atoms with van der Waals surface area (Å²) in [5.74, 6) is -0.544. The van der Waals surface area contributed by atoms with E-state index in [2.05, 4.69) is 15.4 Å². The topological polar surface area (TPSA) is 80.0 Å². The smallest absolute Gasteiger partial charge is 0.341 e. The maximum Gasteiger partial charge on any atom is 0.341 e. The van der Waals surface area contributed by atoms with E-state index in [1.165, 1.54) is 4.68 Å². The van der Waals surface area contributed by atoms with Crippen molar-refractivity contribution in [3.8, 4) is 0 Å². The number of aryl methyl sites for hydroxylation is 2. The van der Waals surface area contributed by atoms with Crippen LogP contribution >= 0.6 is 0 Å². The number of nitrogens with zero attached hydrogens (tertiary/aromatic N) is 3. The van der Waals surface area contributed by atoms with Gasteiger partial charge in [-0.05, 0) is 31.2 Å². The molecule has 0 aliphatic heterocycles. The first kappa shape index (κ1) is 13.1. The summed E-state index contributed by atoms with van der Waals surface area (Å²) >= 11 is 0. The van der Waals surface area contributed by atoms with Gasteiger partial charge in [0.2, 0.25) is 0 Å². The number of rotatable bonds is 3. The van der Waals surface area contributed by atoms with Crippen molar-refractivity contribution >= 4 is 28.4 Å². The molecule has 21 heavy (non-hydrogen) atoms. The number of aromatic carboxylic acids is 1. The van der Waals surface area contributed by atoms with Crippen molar-refractivity contribution in [2.24, 2.45) is 7.05 Å². The second-order valence-corrected chi connectivity index (χ2v) is 4.74. The molecule has 6 heteroatoms. The summed E-state index contributed by atoms with van der Waals surface area (Å²) in [6, 6.07) is 9.46. The van der Waals surface area contributed by atoms with Crippen LogP contribution in [0.25, 0.3) is 10.9 Å². The van der Waals surface area contributed by atoms with Crippen LogP contribution in [0.3, 0.4) is 0 Å². The molecule has 2 N–H and O–H groups in total. The van der Waals surface area contributed by atoms with Crippen LogP contribution in [0, 0.1) is 6.92 Å². The van der Waals surface area contributed by atoms with E-state index in [4.69, 9.17) is 0 Å². The molecule has 0 unspecified atom stereocenters. The maximum atomic E-state index is 11.4. The van der Waals surface area contributed by atoms with Gasteiger partial charge in [0, 0.05) is 24.3 Å². The van der Waals surface area contributed by atoms with Gasteiger partial charge in [-0.2, -0.15) is 5.10 Å². The summed E-state index contributed by atoms with van der Waals surface area (Å²) in [5, 5.41) is 17.6. The minimum absolute atomic E-state index is 0.179. The van der Waals surface area contributed by atoms with Crippen LogP contribution < -0.4 is 5.32 Å². The van der Waals surface area contributed by atoms with E-state index in [0.717, 1.165) is 16.6 Å². The van der Waals surface area contributed by atoms with Crippen molar-refractivity contribution in [3.05, 3.63) is 47.8 Å². The number of anilines is 2.